The number of aliphatic hydroxyl groups is 1. The zero-order valence-electron chi connectivity index (χ0n) is 10.7. The maximum Gasteiger partial charge on any atom is 0.279 e. The number of hydrogen-bond donors (Lipinski definition) is 2. The van der Waals surface area contributed by atoms with Gasteiger partial charge in [0.1, 0.15) is 5.82 Å². The quantitative estimate of drug-likeness (QED) is 0.638. The minimum Gasteiger partial charge on any atom is -0.395 e. The average Bonchev–Trinajstić information content (AvgIpc) is 2.46. The van der Waals surface area contributed by atoms with Crippen LogP contribution in [0.2, 0.25) is 0 Å². The molecule has 0 radical (unpaired) electrons. The van der Waals surface area contributed by atoms with Crippen LogP contribution in [0.5, 0.6) is 0 Å². The van der Waals surface area contributed by atoms with Crippen LogP contribution in [0.25, 0.3) is 6.08 Å². The Balaban J connectivity index is 2.10. The Kier molecular flexibility index (Phi) is 4.78. The second-order valence-electron chi connectivity index (χ2n) is 4.45. The number of hydrogen-bond acceptors (Lipinski definition) is 5. The van der Waals surface area contributed by atoms with Gasteiger partial charge in [-0.2, -0.15) is 0 Å². The fourth-order valence-electron chi connectivity index (χ4n) is 1.93. The molecule has 1 saturated heterocycles. The number of nitro benzene ring substituents is 1. The fourth-order valence-corrected chi connectivity index (χ4v) is 1.93. The molecule has 0 amide bonds. The van der Waals surface area contributed by atoms with E-state index in [1.807, 2.05) is 0 Å². The van der Waals surface area contributed by atoms with Crippen molar-refractivity contribution in [2.45, 2.75) is 12.1 Å². The van der Waals surface area contributed by atoms with Crippen molar-refractivity contribution in [2.75, 3.05) is 19.8 Å². The lowest BCUT2D eigenvalue weighted by Gasteiger charge is -2.27. The fraction of sp³-hybridized carbons (Fsp3) is 0.385. The molecule has 0 spiro atoms. The molecule has 0 aromatic heterocycles. The zero-order chi connectivity index (χ0) is 14.5. The molecule has 1 heterocycles. The molecule has 2 rings (SSSR count). The number of nitro groups is 1. The third-order valence-corrected chi connectivity index (χ3v) is 3.04. The highest BCUT2D eigenvalue weighted by Gasteiger charge is 2.19. The van der Waals surface area contributed by atoms with Gasteiger partial charge in [-0.25, -0.2) is 4.39 Å². The molecule has 20 heavy (non-hydrogen) atoms. The van der Waals surface area contributed by atoms with E-state index in [1.165, 1.54) is 24.3 Å². The normalized spacial score (nSPS) is 23.1. The predicted octanol–water partition coefficient (Wildman–Crippen LogP) is 1.10. The van der Waals surface area contributed by atoms with Crippen molar-refractivity contribution < 1.29 is 19.2 Å². The number of aliphatic hydroxyl groups excluding tert-OH is 1. The van der Waals surface area contributed by atoms with Crippen molar-refractivity contribution in [2.24, 2.45) is 0 Å². The van der Waals surface area contributed by atoms with Gasteiger partial charge in [-0.15, -0.1) is 0 Å². The van der Waals surface area contributed by atoms with Gasteiger partial charge in [0.25, 0.3) is 5.69 Å². The summed E-state index contributed by atoms with van der Waals surface area (Å²) in [5.74, 6) is -0.646. The molecular formula is C13H15FN2O4. The smallest absolute Gasteiger partial charge is 0.279 e. The lowest BCUT2D eigenvalue weighted by molar-refractivity contribution is -0.385. The Hall–Kier alpha value is -1.83. The summed E-state index contributed by atoms with van der Waals surface area (Å²) >= 11 is 0. The largest absolute Gasteiger partial charge is 0.395 e. The monoisotopic (exact) mass is 282 g/mol. The molecule has 6 nitrogen and oxygen atoms in total. The molecule has 7 heteroatoms. The van der Waals surface area contributed by atoms with E-state index in [4.69, 9.17) is 9.84 Å². The number of nitrogens with zero attached hydrogens (tertiary/aromatic N) is 1. The Morgan fingerprint density at radius 2 is 2.40 bits per heavy atom. The Labute approximate surface area is 115 Å². The van der Waals surface area contributed by atoms with Gasteiger partial charge in [-0.1, -0.05) is 12.1 Å². The van der Waals surface area contributed by atoms with Crippen LogP contribution in [0.15, 0.2) is 24.3 Å². The predicted molar refractivity (Wildman–Crippen MR) is 70.7 cm³/mol. The van der Waals surface area contributed by atoms with Crippen molar-refractivity contribution >= 4 is 11.8 Å². The van der Waals surface area contributed by atoms with Crippen LogP contribution < -0.4 is 5.32 Å². The van der Waals surface area contributed by atoms with Gasteiger partial charge in [0, 0.05) is 12.6 Å². The van der Waals surface area contributed by atoms with Crippen molar-refractivity contribution in [3.05, 3.63) is 45.8 Å². The number of nitrogens with one attached hydrogen (secondary N) is 1. The first-order valence-electron chi connectivity index (χ1n) is 6.18. The van der Waals surface area contributed by atoms with Crippen LogP contribution in [0.3, 0.4) is 0 Å². The third kappa shape index (κ3) is 3.38. The van der Waals surface area contributed by atoms with Crippen LogP contribution in [0, 0.1) is 15.9 Å². The van der Waals surface area contributed by atoms with Crippen LogP contribution in [-0.2, 0) is 4.74 Å². The molecule has 108 valence electrons. The summed E-state index contributed by atoms with van der Waals surface area (Å²) in [6.45, 7) is 0.782. The highest BCUT2D eigenvalue weighted by atomic mass is 19.1. The van der Waals surface area contributed by atoms with Crippen molar-refractivity contribution in [3.63, 3.8) is 0 Å². The summed E-state index contributed by atoms with van der Waals surface area (Å²) in [6.07, 6.45) is 2.63. The molecule has 2 atom stereocenters. The van der Waals surface area contributed by atoms with E-state index in [-0.39, 0.29) is 30.0 Å². The van der Waals surface area contributed by atoms with Crippen molar-refractivity contribution in [1.82, 2.24) is 5.32 Å². The topological polar surface area (TPSA) is 84.6 Å². The summed E-state index contributed by atoms with van der Waals surface area (Å²) in [4.78, 5) is 10.2. The van der Waals surface area contributed by atoms with E-state index >= 15 is 0 Å². The first-order valence-corrected chi connectivity index (χ1v) is 6.18. The number of halogens is 1. The summed E-state index contributed by atoms with van der Waals surface area (Å²) < 4.78 is 19.1. The maximum atomic E-state index is 13.6. The van der Waals surface area contributed by atoms with Gasteiger partial charge in [0.2, 0.25) is 0 Å². The van der Waals surface area contributed by atoms with Crippen LogP contribution in [0.1, 0.15) is 5.56 Å². The molecule has 1 fully saturated rings. The molecule has 0 unspecified atom stereocenters. The van der Waals surface area contributed by atoms with E-state index in [9.17, 15) is 14.5 Å². The van der Waals surface area contributed by atoms with E-state index < -0.39 is 10.7 Å². The maximum absolute atomic E-state index is 13.6. The summed E-state index contributed by atoms with van der Waals surface area (Å²) in [5, 5.41) is 22.8. The van der Waals surface area contributed by atoms with Gasteiger partial charge >= 0.3 is 0 Å². The van der Waals surface area contributed by atoms with Gasteiger partial charge < -0.3 is 15.2 Å². The molecular weight excluding hydrogens is 267 g/mol. The standard InChI is InChI=1S/C13H15FN2O4/c14-12-2-1-3-13(16(18)19)11(12)5-4-10-6-15-9(7-17)8-20-10/h1-5,9-10,15,17H,6-8H2/t9-,10-/m1/s1. The number of morpholine rings is 1. The summed E-state index contributed by atoms with van der Waals surface area (Å²) in [6, 6.07) is 3.62. The second kappa shape index (κ2) is 6.56. The highest BCUT2D eigenvalue weighted by Crippen LogP contribution is 2.23. The van der Waals surface area contributed by atoms with E-state index in [0.717, 1.165) is 0 Å². The zero-order valence-corrected chi connectivity index (χ0v) is 10.7. The van der Waals surface area contributed by atoms with E-state index in [2.05, 4.69) is 5.32 Å². The lowest BCUT2D eigenvalue weighted by Crippen LogP contribution is -2.47. The number of ether oxygens (including phenoxy) is 1. The minimum absolute atomic E-state index is 0.0186. The van der Waals surface area contributed by atoms with E-state index in [0.29, 0.717) is 13.2 Å². The van der Waals surface area contributed by atoms with Crippen molar-refractivity contribution in [3.8, 4) is 0 Å². The van der Waals surface area contributed by atoms with Crippen LogP contribution in [0.4, 0.5) is 10.1 Å². The highest BCUT2D eigenvalue weighted by molar-refractivity contribution is 5.61. The van der Waals surface area contributed by atoms with Crippen molar-refractivity contribution in [1.29, 1.82) is 0 Å². The Morgan fingerprint density at radius 3 is 3.00 bits per heavy atom. The number of benzene rings is 1. The molecule has 0 bridgehead atoms. The molecule has 0 aliphatic carbocycles. The second-order valence-corrected chi connectivity index (χ2v) is 4.45. The van der Waals surface area contributed by atoms with Gasteiger partial charge in [0.15, 0.2) is 0 Å². The first-order chi connectivity index (χ1) is 9.61. The van der Waals surface area contributed by atoms with Gasteiger partial charge in [-0.3, -0.25) is 10.1 Å². The SMILES string of the molecule is O=[N+]([O-])c1cccc(F)c1C=C[C@@H]1CN[C@H](CO)CO1. The average molecular weight is 282 g/mol. The molecule has 0 saturated carbocycles. The van der Waals surface area contributed by atoms with Crippen LogP contribution in [-0.4, -0.2) is 41.9 Å². The Morgan fingerprint density at radius 1 is 1.60 bits per heavy atom. The van der Waals surface area contributed by atoms with E-state index in [1.54, 1.807) is 6.08 Å². The summed E-state index contributed by atoms with van der Waals surface area (Å²) in [7, 11) is 0. The molecule has 1 aliphatic heterocycles. The van der Waals surface area contributed by atoms with Crippen LogP contribution >= 0.6 is 0 Å². The van der Waals surface area contributed by atoms with Gasteiger partial charge in [0.05, 0.1) is 35.8 Å². The number of rotatable bonds is 4. The molecule has 1 aromatic rings. The first kappa shape index (κ1) is 14.6. The molecule has 1 aromatic carbocycles. The Bertz CT molecular complexity index is 513. The third-order valence-electron chi connectivity index (χ3n) is 3.04. The minimum atomic E-state index is -0.646. The summed E-state index contributed by atoms with van der Waals surface area (Å²) in [5.41, 5.74) is -0.344. The lowest BCUT2D eigenvalue weighted by atomic mass is 10.1. The van der Waals surface area contributed by atoms with Gasteiger partial charge in [-0.05, 0) is 12.1 Å². The molecule has 2 N–H and O–H groups in total. The molecule has 1 aliphatic rings.